The zero-order valence-corrected chi connectivity index (χ0v) is 12.0. The Kier molecular flexibility index (Phi) is 7.10. The number of hydrogen-bond acceptors (Lipinski definition) is 4. The molecule has 0 amide bonds. The van der Waals surface area contributed by atoms with E-state index in [4.69, 9.17) is 18.1 Å². The summed E-state index contributed by atoms with van der Waals surface area (Å²) in [6, 6.07) is 0. The van der Waals surface area contributed by atoms with Crippen molar-refractivity contribution >= 4 is 12.2 Å². The molecule has 0 fully saturated rings. The van der Waals surface area contributed by atoms with Crippen molar-refractivity contribution in [3.63, 3.8) is 0 Å². The number of nitrogens with one attached hydrogen (secondary N) is 1. The molecule has 19 heavy (non-hydrogen) atoms. The van der Waals surface area contributed by atoms with Crippen LogP contribution in [0.4, 0.5) is 0 Å². The lowest BCUT2D eigenvalue weighted by Crippen LogP contribution is -2.32. The van der Waals surface area contributed by atoms with Crippen molar-refractivity contribution in [1.29, 1.82) is 0 Å². The maximum absolute atomic E-state index is 11.7. The summed E-state index contributed by atoms with van der Waals surface area (Å²) in [5.74, 6) is 5.50. The summed E-state index contributed by atoms with van der Waals surface area (Å²) < 4.78 is 1.09. The van der Waals surface area contributed by atoms with Crippen LogP contribution in [0.3, 0.4) is 0 Å². The quantitative estimate of drug-likeness (QED) is 0.316. The van der Waals surface area contributed by atoms with E-state index in [0.29, 0.717) is 12.1 Å². The summed E-state index contributed by atoms with van der Waals surface area (Å²) in [5, 5.41) is 6.52. The number of allylic oxidation sites excluding steroid dienone is 1. The van der Waals surface area contributed by atoms with Gasteiger partial charge in [-0.2, -0.15) is 9.77 Å². The Bertz CT molecular complexity index is 506. The molecule has 3 N–H and O–H groups in total. The highest BCUT2D eigenvalue weighted by Crippen LogP contribution is 2.08. The first kappa shape index (κ1) is 15.6. The van der Waals surface area contributed by atoms with Crippen LogP contribution in [0.25, 0.3) is 0 Å². The summed E-state index contributed by atoms with van der Waals surface area (Å²) in [4.78, 5) is 11.7. The van der Waals surface area contributed by atoms with Gasteiger partial charge >= 0.3 is 0 Å². The molecule has 0 aliphatic carbocycles. The number of nitrogen functional groups attached to an aromatic ring is 1. The zero-order chi connectivity index (χ0) is 14.1. The SMILES string of the molecule is C=CCCCCCCCCc1n[nH]c(=S)n(N)c1=O. The Morgan fingerprint density at radius 2 is 1.89 bits per heavy atom. The molecule has 0 unspecified atom stereocenters. The van der Waals surface area contributed by atoms with E-state index < -0.39 is 0 Å². The molecule has 0 bridgehead atoms. The van der Waals surface area contributed by atoms with Crippen molar-refractivity contribution < 1.29 is 0 Å². The van der Waals surface area contributed by atoms with Crippen LogP contribution in [0, 0.1) is 4.77 Å². The third-order valence-corrected chi connectivity index (χ3v) is 3.33. The van der Waals surface area contributed by atoms with Crippen LogP contribution in [0.15, 0.2) is 17.4 Å². The fraction of sp³-hybridized carbons (Fsp3) is 0.615. The molecule has 0 aromatic carbocycles. The normalized spacial score (nSPS) is 10.5. The molecule has 1 aromatic heterocycles. The minimum absolute atomic E-state index is 0.149. The highest BCUT2D eigenvalue weighted by Gasteiger charge is 2.04. The van der Waals surface area contributed by atoms with Gasteiger partial charge in [-0.05, 0) is 37.9 Å². The molecule has 1 aromatic rings. The van der Waals surface area contributed by atoms with Gasteiger partial charge in [0, 0.05) is 0 Å². The van der Waals surface area contributed by atoms with Gasteiger partial charge in [0.05, 0.1) is 0 Å². The van der Waals surface area contributed by atoms with E-state index in [9.17, 15) is 4.79 Å². The van der Waals surface area contributed by atoms with E-state index in [1.165, 1.54) is 25.7 Å². The molecular formula is C13H22N4OS. The van der Waals surface area contributed by atoms with Gasteiger partial charge in [0.25, 0.3) is 5.56 Å². The minimum Gasteiger partial charge on any atom is -0.334 e. The molecule has 0 atom stereocenters. The molecule has 0 radical (unpaired) electrons. The second kappa shape index (κ2) is 8.63. The fourth-order valence-electron chi connectivity index (χ4n) is 1.90. The smallest absolute Gasteiger partial charge is 0.294 e. The molecular weight excluding hydrogens is 260 g/mol. The van der Waals surface area contributed by atoms with Crippen LogP contribution in [0.1, 0.15) is 50.6 Å². The monoisotopic (exact) mass is 282 g/mol. The molecule has 0 saturated heterocycles. The Balaban J connectivity index is 2.23. The summed E-state index contributed by atoms with van der Waals surface area (Å²) in [5.41, 5.74) is 0.164. The van der Waals surface area contributed by atoms with E-state index in [0.717, 1.165) is 23.9 Å². The van der Waals surface area contributed by atoms with Crippen LogP contribution in [0.2, 0.25) is 0 Å². The second-order valence-electron chi connectivity index (χ2n) is 4.60. The van der Waals surface area contributed by atoms with Crippen LogP contribution in [-0.2, 0) is 6.42 Å². The maximum atomic E-state index is 11.7. The second-order valence-corrected chi connectivity index (χ2v) is 4.99. The number of nitrogens with two attached hydrogens (primary N) is 1. The van der Waals surface area contributed by atoms with Crippen LogP contribution < -0.4 is 11.4 Å². The molecule has 1 heterocycles. The average Bonchev–Trinajstić information content (AvgIpc) is 2.41. The zero-order valence-electron chi connectivity index (χ0n) is 11.2. The number of hydrogen-bond donors (Lipinski definition) is 2. The largest absolute Gasteiger partial charge is 0.334 e. The van der Waals surface area contributed by atoms with Crippen molar-refractivity contribution in [1.82, 2.24) is 14.9 Å². The lowest BCUT2D eigenvalue weighted by Gasteiger charge is -2.03. The molecule has 0 saturated carbocycles. The third-order valence-electron chi connectivity index (χ3n) is 3.04. The summed E-state index contributed by atoms with van der Waals surface area (Å²) >= 11 is 4.82. The van der Waals surface area contributed by atoms with Gasteiger partial charge in [-0.15, -0.1) is 6.58 Å². The third kappa shape index (κ3) is 5.38. The molecule has 0 aliphatic heterocycles. The predicted molar refractivity (Wildman–Crippen MR) is 80.1 cm³/mol. The van der Waals surface area contributed by atoms with Crippen molar-refractivity contribution in [2.45, 2.75) is 51.4 Å². The van der Waals surface area contributed by atoms with Gasteiger partial charge in [0.1, 0.15) is 5.69 Å². The molecule has 1 rings (SSSR count). The molecule has 5 nitrogen and oxygen atoms in total. The number of nitrogens with zero attached hydrogens (tertiary/aromatic N) is 2. The topological polar surface area (TPSA) is 76.7 Å². The summed E-state index contributed by atoms with van der Waals surface area (Å²) in [6.07, 6.45) is 10.7. The van der Waals surface area contributed by atoms with Gasteiger partial charge in [0.2, 0.25) is 4.77 Å². The summed E-state index contributed by atoms with van der Waals surface area (Å²) in [6.45, 7) is 3.70. The lowest BCUT2D eigenvalue weighted by atomic mass is 10.1. The number of rotatable bonds is 9. The Morgan fingerprint density at radius 1 is 1.26 bits per heavy atom. The predicted octanol–water partition coefficient (Wildman–Crippen LogP) is 2.47. The van der Waals surface area contributed by atoms with Crippen LogP contribution in [0.5, 0.6) is 0 Å². The molecule has 6 heteroatoms. The standard InChI is InChI=1S/C13H22N4OS/c1-2-3-4-5-6-7-8-9-10-11-12(18)17(14)13(19)16-15-11/h2H,1,3-10,14H2,(H,16,19). The lowest BCUT2D eigenvalue weighted by molar-refractivity contribution is 0.588. The Hall–Kier alpha value is -1.43. The van der Waals surface area contributed by atoms with Crippen molar-refractivity contribution in [2.24, 2.45) is 0 Å². The summed E-state index contributed by atoms with van der Waals surface area (Å²) in [7, 11) is 0. The first-order valence-corrected chi connectivity index (χ1v) is 7.14. The number of unbranched alkanes of at least 4 members (excludes halogenated alkanes) is 6. The number of aryl methyl sites for hydroxylation is 1. The van der Waals surface area contributed by atoms with Gasteiger partial charge in [-0.3, -0.25) is 9.89 Å². The molecule has 0 aliphatic rings. The van der Waals surface area contributed by atoms with E-state index in [1.807, 2.05) is 6.08 Å². The van der Waals surface area contributed by atoms with E-state index in [2.05, 4.69) is 16.8 Å². The Labute approximate surface area is 118 Å². The first-order valence-electron chi connectivity index (χ1n) is 6.73. The van der Waals surface area contributed by atoms with Gasteiger partial charge in [0.15, 0.2) is 0 Å². The van der Waals surface area contributed by atoms with Crippen molar-refractivity contribution in [2.75, 3.05) is 5.84 Å². The van der Waals surface area contributed by atoms with Crippen molar-refractivity contribution in [3.8, 4) is 0 Å². The van der Waals surface area contributed by atoms with Crippen molar-refractivity contribution in [3.05, 3.63) is 33.5 Å². The van der Waals surface area contributed by atoms with Gasteiger partial charge in [-0.25, -0.2) is 0 Å². The van der Waals surface area contributed by atoms with E-state index in [1.54, 1.807) is 0 Å². The highest BCUT2D eigenvalue weighted by molar-refractivity contribution is 7.71. The minimum atomic E-state index is -0.297. The number of aromatic nitrogens is 3. The van der Waals surface area contributed by atoms with Gasteiger partial charge < -0.3 is 5.84 Å². The Morgan fingerprint density at radius 3 is 2.58 bits per heavy atom. The number of H-pyrrole nitrogens is 1. The maximum Gasteiger partial charge on any atom is 0.294 e. The average molecular weight is 282 g/mol. The van der Waals surface area contributed by atoms with Crippen LogP contribution in [-0.4, -0.2) is 14.9 Å². The van der Waals surface area contributed by atoms with Gasteiger partial charge in [-0.1, -0.05) is 31.8 Å². The first-order chi connectivity index (χ1) is 9.16. The molecule has 0 spiro atoms. The van der Waals surface area contributed by atoms with E-state index in [-0.39, 0.29) is 10.3 Å². The van der Waals surface area contributed by atoms with Crippen LogP contribution >= 0.6 is 12.2 Å². The number of aromatic amines is 1. The highest BCUT2D eigenvalue weighted by atomic mass is 32.1. The molecule has 106 valence electrons. The van der Waals surface area contributed by atoms with E-state index >= 15 is 0 Å². The fourth-order valence-corrected chi connectivity index (χ4v) is 2.03.